The van der Waals surface area contributed by atoms with Gasteiger partial charge in [0, 0.05) is 19.6 Å². The molecule has 92 valence electrons. The van der Waals surface area contributed by atoms with E-state index in [2.05, 4.69) is 5.32 Å². The van der Waals surface area contributed by atoms with E-state index in [-0.39, 0.29) is 11.6 Å². The van der Waals surface area contributed by atoms with Gasteiger partial charge in [-0.25, -0.2) is 8.78 Å². The van der Waals surface area contributed by atoms with Crippen LogP contribution in [0, 0.1) is 11.6 Å². The highest BCUT2D eigenvalue weighted by atomic mass is 19.2. The SMILES string of the molecule is CCN(C(=O)c1cccc(F)c1F)C1CNC1. The highest BCUT2D eigenvalue weighted by molar-refractivity contribution is 5.94. The monoisotopic (exact) mass is 240 g/mol. The fraction of sp³-hybridized carbons (Fsp3) is 0.417. The van der Waals surface area contributed by atoms with Crippen molar-refractivity contribution in [1.29, 1.82) is 0 Å². The van der Waals surface area contributed by atoms with Crippen LogP contribution in [0.3, 0.4) is 0 Å². The molecular formula is C12H14F2N2O. The molecule has 0 saturated carbocycles. The van der Waals surface area contributed by atoms with E-state index in [1.54, 1.807) is 4.90 Å². The standard InChI is InChI=1S/C12H14F2N2O/c1-2-16(8-6-15-7-8)12(17)9-4-3-5-10(13)11(9)14/h3-5,8,15H,2,6-7H2,1H3. The molecule has 3 nitrogen and oxygen atoms in total. The van der Waals surface area contributed by atoms with Gasteiger partial charge < -0.3 is 10.2 Å². The lowest BCUT2D eigenvalue weighted by Gasteiger charge is -2.37. The summed E-state index contributed by atoms with van der Waals surface area (Å²) in [5.74, 6) is -2.50. The van der Waals surface area contributed by atoms with Crippen LogP contribution >= 0.6 is 0 Å². The third-order valence-electron chi connectivity index (χ3n) is 2.98. The van der Waals surface area contributed by atoms with Crippen molar-refractivity contribution in [3.05, 3.63) is 35.4 Å². The summed E-state index contributed by atoms with van der Waals surface area (Å²) < 4.78 is 26.5. The van der Waals surface area contributed by atoms with Crippen molar-refractivity contribution in [2.24, 2.45) is 0 Å². The number of benzene rings is 1. The van der Waals surface area contributed by atoms with Gasteiger partial charge in [0.2, 0.25) is 0 Å². The van der Waals surface area contributed by atoms with Crippen molar-refractivity contribution < 1.29 is 13.6 Å². The van der Waals surface area contributed by atoms with E-state index in [1.165, 1.54) is 12.1 Å². The van der Waals surface area contributed by atoms with Crippen molar-refractivity contribution in [3.63, 3.8) is 0 Å². The zero-order valence-corrected chi connectivity index (χ0v) is 9.54. The molecule has 1 aromatic rings. The zero-order valence-electron chi connectivity index (χ0n) is 9.54. The van der Waals surface area contributed by atoms with Crippen LogP contribution in [0.15, 0.2) is 18.2 Å². The number of amides is 1. The first-order valence-electron chi connectivity index (χ1n) is 5.60. The van der Waals surface area contributed by atoms with E-state index in [0.29, 0.717) is 19.6 Å². The molecule has 1 aromatic carbocycles. The highest BCUT2D eigenvalue weighted by Gasteiger charge is 2.29. The van der Waals surface area contributed by atoms with Gasteiger partial charge in [-0.05, 0) is 19.1 Å². The predicted molar refractivity (Wildman–Crippen MR) is 59.7 cm³/mol. The van der Waals surface area contributed by atoms with E-state index < -0.39 is 17.5 Å². The smallest absolute Gasteiger partial charge is 0.257 e. The number of rotatable bonds is 3. The van der Waals surface area contributed by atoms with Crippen LogP contribution in [0.5, 0.6) is 0 Å². The average molecular weight is 240 g/mol. The number of nitrogens with zero attached hydrogens (tertiary/aromatic N) is 1. The van der Waals surface area contributed by atoms with Crippen LogP contribution in [0.4, 0.5) is 8.78 Å². The molecule has 0 atom stereocenters. The van der Waals surface area contributed by atoms with E-state index >= 15 is 0 Å². The Morgan fingerprint density at radius 2 is 2.18 bits per heavy atom. The van der Waals surface area contributed by atoms with E-state index in [1.807, 2.05) is 6.92 Å². The Morgan fingerprint density at radius 3 is 2.71 bits per heavy atom. The number of hydrogen-bond donors (Lipinski definition) is 1. The molecule has 2 rings (SSSR count). The molecule has 5 heteroatoms. The fourth-order valence-electron chi connectivity index (χ4n) is 1.89. The summed E-state index contributed by atoms with van der Waals surface area (Å²) in [4.78, 5) is 13.6. The molecule has 0 bridgehead atoms. The first kappa shape index (κ1) is 12.0. The lowest BCUT2D eigenvalue weighted by atomic mass is 10.1. The molecule has 1 aliphatic rings. The van der Waals surface area contributed by atoms with E-state index in [0.717, 1.165) is 6.07 Å². The Balaban J connectivity index is 2.25. The topological polar surface area (TPSA) is 32.3 Å². The number of hydrogen-bond acceptors (Lipinski definition) is 2. The molecule has 1 heterocycles. The molecule has 0 radical (unpaired) electrons. The lowest BCUT2D eigenvalue weighted by molar-refractivity contribution is 0.0624. The summed E-state index contributed by atoms with van der Waals surface area (Å²) in [6.07, 6.45) is 0. The van der Waals surface area contributed by atoms with Gasteiger partial charge in [0.25, 0.3) is 5.91 Å². The largest absolute Gasteiger partial charge is 0.333 e. The summed E-state index contributed by atoms with van der Waals surface area (Å²) in [5.41, 5.74) is -0.196. The maximum atomic E-state index is 13.5. The van der Waals surface area contributed by atoms with Gasteiger partial charge in [-0.2, -0.15) is 0 Å². The second kappa shape index (κ2) is 4.79. The van der Waals surface area contributed by atoms with Crippen LogP contribution in [0.25, 0.3) is 0 Å². The molecule has 0 unspecified atom stereocenters. The van der Waals surface area contributed by atoms with Crippen LogP contribution < -0.4 is 5.32 Å². The minimum absolute atomic E-state index is 0.0789. The van der Waals surface area contributed by atoms with Crippen LogP contribution in [0.2, 0.25) is 0 Å². The van der Waals surface area contributed by atoms with Crippen molar-refractivity contribution >= 4 is 5.91 Å². The maximum Gasteiger partial charge on any atom is 0.257 e. The van der Waals surface area contributed by atoms with Crippen molar-refractivity contribution in [3.8, 4) is 0 Å². The van der Waals surface area contributed by atoms with E-state index in [9.17, 15) is 13.6 Å². The predicted octanol–water partition coefficient (Wildman–Crippen LogP) is 1.40. The molecule has 1 N–H and O–H groups in total. The number of carbonyl (C=O) groups excluding carboxylic acids is 1. The number of likely N-dealkylation sites (N-methyl/N-ethyl adjacent to an activating group) is 1. The third-order valence-corrected chi connectivity index (χ3v) is 2.98. The van der Waals surface area contributed by atoms with E-state index in [4.69, 9.17) is 0 Å². The Hall–Kier alpha value is -1.49. The fourth-order valence-corrected chi connectivity index (χ4v) is 1.89. The second-order valence-corrected chi connectivity index (χ2v) is 4.00. The van der Waals surface area contributed by atoms with Gasteiger partial charge in [-0.3, -0.25) is 4.79 Å². The van der Waals surface area contributed by atoms with Crippen molar-refractivity contribution in [2.75, 3.05) is 19.6 Å². The molecule has 1 aliphatic heterocycles. The van der Waals surface area contributed by atoms with Crippen molar-refractivity contribution in [2.45, 2.75) is 13.0 Å². The molecule has 17 heavy (non-hydrogen) atoms. The van der Waals surface area contributed by atoms with Crippen molar-refractivity contribution in [1.82, 2.24) is 10.2 Å². The second-order valence-electron chi connectivity index (χ2n) is 4.00. The Kier molecular flexibility index (Phi) is 3.38. The van der Waals surface area contributed by atoms with Gasteiger partial charge in [-0.1, -0.05) is 6.07 Å². The third kappa shape index (κ3) is 2.15. The Bertz CT molecular complexity index is 433. The molecule has 1 fully saturated rings. The molecule has 0 aliphatic carbocycles. The minimum Gasteiger partial charge on any atom is -0.333 e. The van der Waals surface area contributed by atoms with Crippen LogP contribution in [-0.2, 0) is 0 Å². The molecular weight excluding hydrogens is 226 g/mol. The first-order chi connectivity index (χ1) is 8.15. The van der Waals surface area contributed by atoms with Gasteiger partial charge in [-0.15, -0.1) is 0 Å². The summed E-state index contributed by atoms with van der Waals surface area (Å²) in [6.45, 7) is 3.72. The first-order valence-corrected chi connectivity index (χ1v) is 5.60. The van der Waals surface area contributed by atoms with Gasteiger partial charge in [0.15, 0.2) is 11.6 Å². The minimum atomic E-state index is -1.07. The quantitative estimate of drug-likeness (QED) is 0.866. The summed E-state index contributed by atoms with van der Waals surface area (Å²) in [7, 11) is 0. The molecule has 0 aromatic heterocycles. The molecule has 1 saturated heterocycles. The number of halogens is 2. The zero-order chi connectivity index (χ0) is 12.4. The van der Waals surface area contributed by atoms with Gasteiger partial charge >= 0.3 is 0 Å². The van der Waals surface area contributed by atoms with Crippen LogP contribution in [0.1, 0.15) is 17.3 Å². The molecule has 1 amide bonds. The normalized spacial score (nSPS) is 15.5. The Morgan fingerprint density at radius 1 is 1.47 bits per heavy atom. The highest BCUT2D eigenvalue weighted by Crippen LogP contribution is 2.16. The van der Waals surface area contributed by atoms with Gasteiger partial charge in [0.1, 0.15) is 0 Å². The maximum absolute atomic E-state index is 13.5. The van der Waals surface area contributed by atoms with Gasteiger partial charge in [0.05, 0.1) is 11.6 Å². The Labute approximate surface area is 98.4 Å². The summed E-state index contributed by atoms with van der Waals surface area (Å²) in [6, 6.07) is 3.75. The average Bonchev–Trinajstić information content (AvgIpc) is 2.26. The number of nitrogens with one attached hydrogen (secondary N) is 1. The molecule has 0 spiro atoms. The summed E-state index contributed by atoms with van der Waals surface area (Å²) >= 11 is 0. The summed E-state index contributed by atoms with van der Waals surface area (Å²) in [5, 5.41) is 3.05. The van der Waals surface area contributed by atoms with Crippen LogP contribution in [-0.4, -0.2) is 36.5 Å². The number of carbonyl (C=O) groups is 1. The lowest BCUT2D eigenvalue weighted by Crippen LogP contribution is -2.58.